The molecule has 1 aromatic heterocycles. The molecule has 8 rings (SSSR count). The zero-order chi connectivity index (χ0) is 40.4. The lowest BCUT2D eigenvalue weighted by molar-refractivity contribution is 0.102. The van der Waals surface area contributed by atoms with Gasteiger partial charge in [-0.1, -0.05) is 106 Å². The van der Waals surface area contributed by atoms with E-state index in [0.29, 0.717) is 60.9 Å². The molecule has 0 atom stereocenters. The van der Waals surface area contributed by atoms with E-state index in [1.807, 2.05) is 74.5 Å². The van der Waals surface area contributed by atoms with Crippen LogP contribution in [0.5, 0.6) is 0 Å². The fourth-order valence-corrected chi connectivity index (χ4v) is 7.63. The molecule has 0 amide bonds. The highest BCUT2D eigenvalue weighted by molar-refractivity contribution is 7.92. The van der Waals surface area contributed by atoms with Gasteiger partial charge in [0.2, 0.25) is 10.0 Å². The zero-order valence-electron chi connectivity index (χ0n) is 30.8. The van der Waals surface area contributed by atoms with Gasteiger partial charge in [0.05, 0.1) is 33.5 Å². The van der Waals surface area contributed by atoms with E-state index >= 15 is 0 Å². The Morgan fingerprint density at radius 1 is 0.667 bits per heavy atom. The Morgan fingerprint density at radius 2 is 1.25 bits per heavy atom. The standard InChI is InChI=1S/C30H20N2O3.C11H11NO5S2.C2H6.CH4/c1-32-23-17-16-22(31-19-12-6-3-7-13-19)25-26(23)24(20-14-8-9-15-21(20)29(25)34)27(30(32)35)28(33)18-10-4-2-5-11-18;1-18(13,14)12-10-4-2-9-7-11(19(15,16)17)5-3-8(9)6-10;1-2;/h2-17,31H,1H3;2-7,12H,1H3,(H,15,16,17);1-2H3;1H4. The number of para-hydroxylation sites is 1. The van der Waals surface area contributed by atoms with Crippen LogP contribution in [-0.4, -0.2) is 43.8 Å². The van der Waals surface area contributed by atoms with Crippen molar-refractivity contribution in [2.24, 2.45) is 7.05 Å². The summed E-state index contributed by atoms with van der Waals surface area (Å²) >= 11 is 0. The Kier molecular flexibility index (Phi) is 12.3. The maximum Gasteiger partial charge on any atom is 0.294 e. The van der Waals surface area contributed by atoms with Gasteiger partial charge in [0, 0.05) is 40.5 Å². The average Bonchev–Trinajstić information content (AvgIpc) is 3.19. The van der Waals surface area contributed by atoms with E-state index in [4.69, 9.17) is 4.55 Å². The summed E-state index contributed by atoms with van der Waals surface area (Å²) in [6.07, 6.45) is 1.04. The predicted molar refractivity (Wildman–Crippen MR) is 228 cm³/mol. The Labute approximate surface area is 331 Å². The summed E-state index contributed by atoms with van der Waals surface area (Å²) in [5.74, 6) is -0.506. The fraction of sp³-hybridized carbons (Fsp3) is 0.114. The van der Waals surface area contributed by atoms with Crippen LogP contribution in [0.25, 0.3) is 32.8 Å². The van der Waals surface area contributed by atoms with Crippen molar-refractivity contribution in [3.63, 3.8) is 0 Å². The lowest BCUT2D eigenvalue weighted by atomic mass is 9.80. The Hall–Kier alpha value is -6.41. The normalized spacial score (nSPS) is 11.6. The largest absolute Gasteiger partial charge is 0.355 e. The third-order valence-electron chi connectivity index (χ3n) is 8.96. The van der Waals surface area contributed by atoms with Crippen molar-refractivity contribution in [2.75, 3.05) is 16.3 Å². The maximum absolute atomic E-state index is 13.8. The molecule has 0 aliphatic heterocycles. The summed E-state index contributed by atoms with van der Waals surface area (Å²) in [4.78, 5) is 41.0. The molecule has 0 unspecified atom stereocenters. The van der Waals surface area contributed by atoms with Crippen LogP contribution in [0.3, 0.4) is 0 Å². The topological polar surface area (TPSA) is 169 Å². The number of anilines is 3. The van der Waals surface area contributed by atoms with Gasteiger partial charge in [-0.05, 0) is 64.9 Å². The van der Waals surface area contributed by atoms with Crippen LogP contribution in [-0.2, 0) is 27.2 Å². The molecule has 0 saturated carbocycles. The van der Waals surface area contributed by atoms with Gasteiger partial charge < -0.3 is 9.88 Å². The van der Waals surface area contributed by atoms with E-state index in [1.54, 1.807) is 55.6 Å². The van der Waals surface area contributed by atoms with Gasteiger partial charge in [0.25, 0.3) is 15.7 Å². The highest BCUT2D eigenvalue weighted by Crippen LogP contribution is 2.44. The summed E-state index contributed by atoms with van der Waals surface area (Å²) in [5, 5.41) is 5.20. The van der Waals surface area contributed by atoms with Crippen LogP contribution in [0.15, 0.2) is 143 Å². The van der Waals surface area contributed by atoms with Gasteiger partial charge >= 0.3 is 0 Å². The molecule has 0 bridgehead atoms. The molecule has 1 heterocycles. The number of aromatic nitrogens is 1. The highest BCUT2D eigenvalue weighted by atomic mass is 32.2. The number of fused-ring (bicyclic) bond motifs is 3. The number of pyridine rings is 1. The van der Waals surface area contributed by atoms with Gasteiger partial charge in [0.1, 0.15) is 0 Å². The molecule has 0 spiro atoms. The number of hydrogen-bond acceptors (Lipinski definition) is 8. The van der Waals surface area contributed by atoms with E-state index in [1.165, 1.54) is 28.8 Å². The number of sulfonamides is 1. The van der Waals surface area contributed by atoms with E-state index < -0.39 is 20.1 Å². The summed E-state index contributed by atoms with van der Waals surface area (Å²) in [5.41, 5.74) is 4.60. The average molecular weight is 804 g/mol. The molecule has 7 aromatic rings. The molecule has 6 aromatic carbocycles. The first-order chi connectivity index (χ1) is 26.7. The number of ketones is 2. The Morgan fingerprint density at radius 3 is 1.88 bits per heavy atom. The predicted octanol–water partition coefficient (Wildman–Crippen LogP) is 8.84. The first kappa shape index (κ1) is 41.7. The number of nitrogens with zero attached hydrogens (tertiary/aromatic N) is 1. The first-order valence-corrected chi connectivity index (χ1v) is 20.8. The van der Waals surface area contributed by atoms with Gasteiger partial charge in [-0.2, -0.15) is 8.42 Å². The molecule has 1 aliphatic carbocycles. The lowest BCUT2D eigenvalue weighted by Gasteiger charge is -2.25. The minimum absolute atomic E-state index is 0. The second-order valence-electron chi connectivity index (χ2n) is 12.6. The SMILES string of the molecule is C.CC.CS(=O)(=O)Nc1ccc2cc(S(=O)(=O)O)ccc2c1.Cn1c(=O)c(C(=O)c2ccccc2)c2c3c(c(Nc4ccccc4)ccc31)C(=O)c1ccccc1-2. The van der Waals surface area contributed by atoms with E-state index in [2.05, 4.69) is 10.0 Å². The molecule has 11 nitrogen and oxygen atoms in total. The highest BCUT2D eigenvalue weighted by Gasteiger charge is 2.34. The van der Waals surface area contributed by atoms with Crippen molar-refractivity contribution >= 4 is 70.4 Å². The van der Waals surface area contributed by atoms with Gasteiger partial charge in [-0.3, -0.25) is 23.7 Å². The number of nitrogens with one attached hydrogen (secondary N) is 2. The van der Waals surface area contributed by atoms with E-state index in [0.717, 1.165) is 11.9 Å². The van der Waals surface area contributed by atoms with Gasteiger partial charge in [-0.25, -0.2) is 8.42 Å². The number of carbonyl (C=O) groups is 2. The van der Waals surface area contributed by atoms with Crippen LogP contribution < -0.4 is 15.6 Å². The van der Waals surface area contributed by atoms with Crippen LogP contribution in [0.1, 0.15) is 53.1 Å². The van der Waals surface area contributed by atoms with Crippen LogP contribution in [0, 0.1) is 0 Å². The van der Waals surface area contributed by atoms with Crippen LogP contribution in [0.4, 0.5) is 17.1 Å². The molecule has 0 fully saturated rings. The fourth-order valence-electron chi connectivity index (χ4n) is 6.56. The summed E-state index contributed by atoms with van der Waals surface area (Å²) in [6.45, 7) is 4.00. The molecular weight excluding hydrogens is 763 g/mol. The summed E-state index contributed by atoms with van der Waals surface area (Å²) in [7, 11) is -5.97. The van der Waals surface area contributed by atoms with Crippen LogP contribution >= 0.6 is 0 Å². The number of benzene rings is 6. The third kappa shape index (κ3) is 8.55. The molecule has 57 heavy (non-hydrogen) atoms. The van der Waals surface area contributed by atoms with Gasteiger partial charge in [0.15, 0.2) is 11.6 Å². The van der Waals surface area contributed by atoms with Crippen molar-refractivity contribution in [1.29, 1.82) is 0 Å². The third-order valence-corrected chi connectivity index (χ3v) is 10.4. The minimum Gasteiger partial charge on any atom is -0.355 e. The second-order valence-corrected chi connectivity index (χ2v) is 15.8. The number of rotatable bonds is 7. The molecule has 0 radical (unpaired) electrons. The Balaban J connectivity index is 0.000000240. The monoisotopic (exact) mass is 803 g/mol. The van der Waals surface area contributed by atoms with E-state index in [-0.39, 0.29) is 35.0 Å². The molecule has 1 aliphatic rings. The zero-order valence-corrected chi connectivity index (χ0v) is 32.4. The molecule has 0 saturated heterocycles. The van der Waals surface area contributed by atoms with Crippen molar-refractivity contribution in [1.82, 2.24) is 4.57 Å². The lowest BCUT2D eigenvalue weighted by Crippen LogP contribution is -2.29. The summed E-state index contributed by atoms with van der Waals surface area (Å²) < 4.78 is 56.9. The molecule has 292 valence electrons. The quantitative estimate of drug-likeness (QED) is 0.105. The maximum atomic E-state index is 13.8. The van der Waals surface area contributed by atoms with Crippen molar-refractivity contribution in [2.45, 2.75) is 26.2 Å². The second kappa shape index (κ2) is 16.8. The minimum atomic E-state index is -4.24. The van der Waals surface area contributed by atoms with Gasteiger partial charge in [-0.15, -0.1) is 0 Å². The number of carbonyl (C=O) groups excluding carboxylic acids is 2. The van der Waals surface area contributed by atoms with Crippen molar-refractivity contribution in [3.05, 3.63) is 166 Å². The number of aryl methyl sites for hydroxylation is 1. The Bertz CT molecular complexity index is 2950. The summed E-state index contributed by atoms with van der Waals surface area (Å²) in [6, 6.07) is 37.9. The first-order valence-electron chi connectivity index (χ1n) is 17.5. The van der Waals surface area contributed by atoms with Crippen molar-refractivity contribution in [3.8, 4) is 11.1 Å². The van der Waals surface area contributed by atoms with Crippen LogP contribution in [0.2, 0.25) is 0 Å². The molecule has 13 heteroatoms. The number of hydrogen-bond donors (Lipinski definition) is 3. The molecular formula is C44H41N3O8S2. The van der Waals surface area contributed by atoms with Crippen molar-refractivity contribution < 1.29 is 31.0 Å². The molecule has 3 N–H and O–H groups in total. The van der Waals surface area contributed by atoms with E-state index in [9.17, 15) is 31.2 Å². The smallest absolute Gasteiger partial charge is 0.294 e.